The third-order valence-corrected chi connectivity index (χ3v) is 4.21. The van der Waals surface area contributed by atoms with Crippen molar-refractivity contribution >= 4 is 17.6 Å². The summed E-state index contributed by atoms with van der Waals surface area (Å²) in [6.07, 6.45) is 0.381. The summed E-state index contributed by atoms with van der Waals surface area (Å²) in [6, 6.07) is 9.52. The average molecular weight is 241 g/mol. The molecule has 0 saturated heterocycles. The zero-order chi connectivity index (χ0) is 12.4. The van der Waals surface area contributed by atoms with Crippen LogP contribution in [0, 0.1) is 0 Å². The summed E-state index contributed by atoms with van der Waals surface area (Å²) in [4.78, 5) is 10.1. The highest BCUT2D eigenvalue weighted by Crippen LogP contribution is 2.42. The quantitative estimate of drug-likeness (QED) is 0.819. The number of alkyl halides is 1. The van der Waals surface area contributed by atoms with Gasteiger partial charge in [-0.25, -0.2) is 0 Å². The van der Waals surface area contributed by atoms with Crippen molar-refractivity contribution in [1.82, 2.24) is 0 Å². The lowest BCUT2D eigenvalue weighted by Gasteiger charge is -2.38. The number of carbonyl (C=O) groups is 1. The molecule has 88 valence electrons. The third kappa shape index (κ3) is 1.94. The monoisotopic (exact) mass is 240 g/mol. The van der Waals surface area contributed by atoms with Crippen LogP contribution in [0.15, 0.2) is 30.3 Å². The molecule has 0 aliphatic carbocycles. The van der Waals surface area contributed by atoms with Crippen LogP contribution in [0.25, 0.3) is 0 Å². The summed E-state index contributed by atoms with van der Waals surface area (Å²) < 4.78 is 0. The van der Waals surface area contributed by atoms with Gasteiger partial charge in [0, 0.05) is 5.41 Å². The second-order valence-electron chi connectivity index (χ2n) is 4.45. The molecule has 0 radical (unpaired) electrons. The average Bonchev–Trinajstić information content (AvgIpc) is 2.28. The van der Waals surface area contributed by atoms with Crippen LogP contribution in [-0.4, -0.2) is 16.0 Å². The van der Waals surface area contributed by atoms with Crippen molar-refractivity contribution in [2.75, 3.05) is 0 Å². The van der Waals surface area contributed by atoms with Crippen molar-refractivity contribution in [1.29, 1.82) is 0 Å². The van der Waals surface area contributed by atoms with E-state index in [0.29, 0.717) is 6.42 Å². The smallest absolute Gasteiger partial charge is 0.325 e. The number of carboxylic acid groups (broad SMARTS) is 1. The molecule has 1 atom stereocenters. The van der Waals surface area contributed by atoms with Crippen molar-refractivity contribution < 1.29 is 9.90 Å². The topological polar surface area (TPSA) is 37.3 Å². The van der Waals surface area contributed by atoms with E-state index in [-0.39, 0.29) is 0 Å². The first-order valence-corrected chi connectivity index (χ1v) is 5.72. The van der Waals surface area contributed by atoms with Crippen LogP contribution in [-0.2, 0) is 10.2 Å². The molecule has 2 nitrogen and oxygen atoms in total. The number of aliphatic carboxylic acids is 1. The molecule has 0 bridgehead atoms. The molecule has 0 aromatic heterocycles. The van der Waals surface area contributed by atoms with Gasteiger partial charge in [-0.3, -0.25) is 4.79 Å². The number of carboxylic acids is 1. The minimum Gasteiger partial charge on any atom is -0.480 e. The predicted molar refractivity (Wildman–Crippen MR) is 66.0 cm³/mol. The van der Waals surface area contributed by atoms with E-state index in [1.165, 1.54) is 0 Å². The van der Waals surface area contributed by atoms with Crippen molar-refractivity contribution in [3.8, 4) is 0 Å². The number of hydrogen-bond donors (Lipinski definition) is 1. The summed E-state index contributed by atoms with van der Waals surface area (Å²) in [5, 5.41) is 9.30. The van der Waals surface area contributed by atoms with Gasteiger partial charge in [-0.2, -0.15) is 0 Å². The van der Waals surface area contributed by atoms with E-state index in [1.807, 2.05) is 44.2 Å². The molecule has 1 unspecified atom stereocenters. The molecule has 0 aliphatic heterocycles. The van der Waals surface area contributed by atoms with E-state index in [2.05, 4.69) is 0 Å². The van der Waals surface area contributed by atoms with Crippen molar-refractivity contribution in [2.24, 2.45) is 0 Å². The summed E-state index contributed by atoms with van der Waals surface area (Å²) >= 11 is 6.29. The number of rotatable bonds is 4. The second kappa shape index (κ2) is 4.46. The first-order chi connectivity index (χ1) is 7.36. The van der Waals surface area contributed by atoms with Gasteiger partial charge < -0.3 is 5.11 Å². The third-order valence-electron chi connectivity index (χ3n) is 3.31. The first kappa shape index (κ1) is 13.0. The van der Waals surface area contributed by atoms with Crippen molar-refractivity contribution in [3.63, 3.8) is 0 Å². The van der Waals surface area contributed by atoms with Crippen LogP contribution in [0.3, 0.4) is 0 Å². The van der Waals surface area contributed by atoms with Crippen LogP contribution in [0.2, 0.25) is 0 Å². The maximum atomic E-state index is 11.3. The Labute approximate surface area is 101 Å². The molecule has 3 heteroatoms. The van der Waals surface area contributed by atoms with Gasteiger partial charge in [-0.1, -0.05) is 51.1 Å². The molecule has 0 aliphatic rings. The van der Waals surface area contributed by atoms with E-state index in [1.54, 1.807) is 6.92 Å². The largest absolute Gasteiger partial charge is 0.480 e. The highest BCUT2D eigenvalue weighted by molar-refractivity contribution is 6.34. The van der Waals surface area contributed by atoms with E-state index in [4.69, 9.17) is 11.6 Å². The van der Waals surface area contributed by atoms with Crippen molar-refractivity contribution in [3.05, 3.63) is 35.9 Å². The highest BCUT2D eigenvalue weighted by atomic mass is 35.5. The Morgan fingerprint density at radius 2 is 1.81 bits per heavy atom. The molecule has 1 N–H and O–H groups in total. The molecular weight excluding hydrogens is 224 g/mol. The van der Waals surface area contributed by atoms with Crippen LogP contribution >= 0.6 is 11.6 Å². The number of halogens is 1. The van der Waals surface area contributed by atoms with Gasteiger partial charge in [0.2, 0.25) is 0 Å². The van der Waals surface area contributed by atoms with E-state index >= 15 is 0 Å². The maximum Gasteiger partial charge on any atom is 0.325 e. The van der Waals surface area contributed by atoms with Gasteiger partial charge in [0.1, 0.15) is 0 Å². The molecule has 0 saturated carbocycles. The molecule has 1 aromatic carbocycles. The van der Waals surface area contributed by atoms with Gasteiger partial charge in [0.25, 0.3) is 0 Å². The van der Waals surface area contributed by atoms with E-state index in [0.717, 1.165) is 5.56 Å². The van der Waals surface area contributed by atoms with Gasteiger partial charge in [-0.15, -0.1) is 11.6 Å². The SMILES string of the molecule is CCC(Cl)(C(=O)O)C(C)(C)c1ccccc1. The van der Waals surface area contributed by atoms with Crippen LogP contribution < -0.4 is 0 Å². The standard InChI is InChI=1S/C13H17ClO2/c1-4-13(14,11(15)16)12(2,3)10-8-6-5-7-9-10/h5-9H,4H2,1-3H3,(H,15,16). The van der Waals surface area contributed by atoms with E-state index in [9.17, 15) is 9.90 Å². The lowest BCUT2D eigenvalue weighted by atomic mass is 9.71. The summed E-state index contributed by atoms with van der Waals surface area (Å²) in [6.45, 7) is 5.53. The lowest BCUT2D eigenvalue weighted by molar-refractivity contribution is -0.142. The molecule has 1 aromatic rings. The Balaban J connectivity index is 3.24. The summed E-state index contributed by atoms with van der Waals surface area (Å²) in [5.41, 5.74) is 0.324. The van der Waals surface area contributed by atoms with Crippen LogP contribution in [0.4, 0.5) is 0 Å². The molecular formula is C13H17ClO2. The van der Waals surface area contributed by atoms with Gasteiger partial charge in [0.05, 0.1) is 0 Å². The molecule has 16 heavy (non-hydrogen) atoms. The normalized spacial score (nSPS) is 15.5. The number of benzene rings is 1. The fraction of sp³-hybridized carbons (Fsp3) is 0.462. The Hall–Kier alpha value is -1.02. The molecule has 0 fully saturated rings. The fourth-order valence-electron chi connectivity index (χ4n) is 1.94. The first-order valence-electron chi connectivity index (χ1n) is 5.34. The molecule has 1 rings (SSSR count). The molecule has 0 spiro atoms. The van der Waals surface area contributed by atoms with Crippen LogP contribution in [0.1, 0.15) is 32.8 Å². The van der Waals surface area contributed by atoms with E-state index < -0.39 is 16.3 Å². The zero-order valence-electron chi connectivity index (χ0n) is 9.83. The fourth-order valence-corrected chi connectivity index (χ4v) is 2.05. The minimum atomic E-state index is -1.27. The second-order valence-corrected chi connectivity index (χ2v) is 5.10. The van der Waals surface area contributed by atoms with Gasteiger partial charge in [0.15, 0.2) is 4.87 Å². The zero-order valence-corrected chi connectivity index (χ0v) is 10.6. The lowest BCUT2D eigenvalue weighted by Crippen LogP contribution is -2.49. The Morgan fingerprint density at radius 1 is 1.31 bits per heavy atom. The number of hydrogen-bond acceptors (Lipinski definition) is 1. The minimum absolute atomic E-state index is 0.381. The van der Waals surface area contributed by atoms with Crippen LogP contribution in [0.5, 0.6) is 0 Å². The Kier molecular flexibility index (Phi) is 3.64. The molecule has 0 amide bonds. The summed E-state index contributed by atoms with van der Waals surface area (Å²) in [5.74, 6) is -0.967. The highest BCUT2D eigenvalue weighted by Gasteiger charge is 2.49. The van der Waals surface area contributed by atoms with Gasteiger partial charge in [-0.05, 0) is 12.0 Å². The molecule has 0 heterocycles. The Morgan fingerprint density at radius 3 is 2.19 bits per heavy atom. The predicted octanol–water partition coefficient (Wildman–Crippen LogP) is 3.44. The van der Waals surface area contributed by atoms with Gasteiger partial charge >= 0.3 is 5.97 Å². The maximum absolute atomic E-state index is 11.3. The van der Waals surface area contributed by atoms with Crippen molar-refractivity contribution in [2.45, 2.75) is 37.5 Å². The Bertz CT molecular complexity index is 373. The summed E-state index contributed by atoms with van der Waals surface area (Å²) in [7, 11) is 0.